The van der Waals surface area contributed by atoms with E-state index in [0.29, 0.717) is 41.8 Å². The average molecular weight is 430 g/mol. The predicted octanol–water partition coefficient (Wildman–Crippen LogP) is 5.28. The van der Waals surface area contributed by atoms with Gasteiger partial charge in [0.15, 0.2) is 11.5 Å². The molecular weight excluding hydrogens is 405 g/mol. The molecule has 3 rings (SSSR count). The van der Waals surface area contributed by atoms with Gasteiger partial charge in [0.2, 0.25) is 0 Å². The summed E-state index contributed by atoms with van der Waals surface area (Å²) in [6.45, 7) is 3.26. The molecule has 4 nitrogen and oxygen atoms in total. The molecule has 0 heterocycles. The zero-order chi connectivity index (χ0) is 21.3. The van der Waals surface area contributed by atoms with Gasteiger partial charge in [-0.15, -0.1) is 0 Å². The van der Waals surface area contributed by atoms with Gasteiger partial charge in [-0.3, -0.25) is 0 Å². The first kappa shape index (κ1) is 22.1. The molecule has 6 heteroatoms. The van der Waals surface area contributed by atoms with Crippen molar-refractivity contribution < 1.29 is 19.0 Å². The van der Waals surface area contributed by atoms with Crippen LogP contribution in [0.2, 0.25) is 5.02 Å². The number of ether oxygens (including phenoxy) is 2. The number of hydrogen-bond donors (Lipinski definition) is 2. The van der Waals surface area contributed by atoms with E-state index < -0.39 is 6.10 Å². The van der Waals surface area contributed by atoms with E-state index in [1.54, 1.807) is 24.3 Å². The molecule has 158 valence electrons. The van der Waals surface area contributed by atoms with Crippen molar-refractivity contribution in [2.24, 2.45) is 0 Å². The number of aliphatic hydroxyl groups is 1. The molecule has 1 atom stereocenters. The highest BCUT2D eigenvalue weighted by atomic mass is 35.5. The van der Waals surface area contributed by atoms with E-state index in [0.717, 1.165) is 11.1 Å². The van der Waals surface area contributed by atoms with Crippen molar-refractivity contribution in [1.29, 1.82) is 0 Å². The highest BCUT2D eigenvalue weighted by Gasteiger charge is 2.14. The summed E-state index contributed by atoms with van der Waals surface area (Å²) < 4.78 is 25.3. The predicted molar refractivity (Wildman–Crippen MR) is 116 cm³/mol. The summed E-state index contributed by atoms with van der Waals surface area (Å²) in [4.78, 5) is 0. The largest absolute Gasteiger partial charge is 0.490 e. The van der Waals surface area contributed by atoms with E-state index in [1.165, 1.54) is 6.07 Å². The fourth-order valence-electron chi connectivity index (χ4n) is 3.04. The molecule has 2 N–H and O–H groups in total. The van der Waals surface area contributed by atoms with Crippen LogP contribution in [0.3, 0.4) is 0 Å². The maximum Gasteiger partial charge on any atom is 0.180 e. The van der Waals surface area contributed by atoms with Crippen molar-refractivity contribution in [3.05, 3.63) is 94.3 Å². The van der Waals surface area contributed by atoms with E-state index in [9.17, 15) is 9.50 Å². The lowest BCUT2D eigenvalue weighted by atomic mass is 10.1. The van der Waals surface area contributed by atoms with Gasteiger partial charge in [-0.25, -0.2) is 4.39 Å². The summed E-state index contributed by atoms with van der Waals surface area (Å²) in [6, 6.07) is 19.5. The molecule has 0 aliphatic rings. The van der Waals surface area contributed by atoms with Crippen LogP contribution in [0.25, 0.3) is 0 Å². The Kier molecular flexibility index (Phi) is 8.08. The molecule has 0 saturated heterocycles. The monoisotopic (exact) mass is 429 g/mol. The van der Waals surface area contributed by atoms with E-state index in [-0.39, 0.29) is 12.4 Å². The summed E-state index contributed by atoms with van der Waals surface area (Å²) >= 11 is 6.44. The summed E-state index contributed by atoms with van der Waals surface area (Å²) in [5.41, 5.74) is 2.19. The zero-order valence-corrected chi connectivity index (χ0v) is 17.5. The fourth-order valence-corrected chi connectivity index (χ4v) is 3.33. The third kappa shape index (κ3) is 5.95. The summed E-state index contributed by atoms with van der Waals surface area (Å²) in [5, 5.41) is 13.9. The molecule has 0 amide bonds. The third-order valence-electron chi connectivity index (χ3n) is 4.55. The normalized spacial score (nSPS) is 11.9. The molecule has 0 unspecified atom stereocenters. The average Bonchev–Trinajstić information content (AvgIpc) is 2.75. The Morgan fingerprint density at radius 1 is 1.03 bits per heavy atom. The first-order chi connectivity index (χ1) is 14.6. The minimum absolute atomic E-state index is 0.0489. The Morgan fingerprint density at radius 3 is 2.50 bits per heavy atom. The molecule has 30 heavy (non-hydrogen) atoms. The lowest BCUT2D eigenvalue weighted by Gasteiger charge is -2.16. The van der Waals surface area contributed by atoms with Crippen LogP contribution in [0.5, 0.6) is 11.5 Å². The van der Waals surface area contributed by atoms with Crippen molar-refractivity contribution in [2.45, 2.75) is 26.2 Å². The highest BCUT2D eigenvalue weighted by Crippen LogP contribution is 2.37. The first-order valence-electron chi connectivity index (χ1n) is 9.83. The minimum Gasteiger partial charge on any atom is -0.490 e. The van der Waals surface area contributed by atoms with Gasteiger partial charge < -0.3 is 19.9 Å². The van der Waals surface area contributed by atoms with Gasteiger partial charge in [0.05, 0.1) is 17.7 Å². The summed E-state index contributed by atoms with van der Waals surface area (Å²) in [5.74, 6) is 0.556. The minimum atomic E-state index is -0.601. The van der Waals surface area contributed by atoms with Gasteiger partial charge in [-0.05, 0) is 36.2 Å². The molecule has 0 radical (unpaired) electrons. The maximum atomic E-state index is 13.9. The van der Waals surface area contributed by atoms with E-state index in [1.807, 2.05) is 43.3 Å². The summed E-state index contributed by atoms with van der Waals surface area (Å²) in [6.07, 6.45) is -0.601. The molecular formula is C24H25ClFNO3. The van der Waals surface area contributed by atoms with Crippen LogP contribution in [0, 0.1) is 5.82 Å². The molecule has 0 saturated carbocycles. The van der Waals surface area contributed by atoms with Crippen LogP contribution in [-0.2, 0) is 13.2 Å². The van der Waals surface area contributed by atoms with Crippen LogP contribution in [0.15, 0.2) is 66.7 Å². The Morgan fingerprint density at radius 2 is 1.77 bits per heavy atom. The Labute approximate surface area is 181 Å². The highest BCUT2D eigenvalue weighted by molar-refractivity contribution is 6.32. The molecule has 0 fully saturated rings. The van der Waals surface area contributed by atoms with Gasteiger partial charge in [0.1, 0.15) is 12.4 Å². The van der Waals surface area contributed by atoms with Crippen molar-refractivity contribution in [1.82, 2.24) is 5.32 Å². The Balaban J connectivity index is 1.65. The van der Waals surface area contributed by atoms with Crippen LogP contribution in [-0.4, -0.2) is 18.3 Å². The Hall–Kier alpha value is -2.60. The van der Waals surface area contributed by atoms with Crippen LogP contribution in [0.4, 0.5) is 4.39 Å². The third-order valence-corrected chi connectivity index (χ3v) is 4.83. The second kappa shape index (κ2) is 11.0. The van der Waals surface area contributed by atoms with E-state index >= 15 is 0 Å². The SMILES string of the molecule is CCOc1cc(CNC[C@H](O)c2ccccc2)cc(Cl)c1OCc1ccccc1F. The van der Waals surface area contributed by atoms with Gasteiger partial charge in [-0.2, -0.15) is 0 Å². The molecule has 0 aliphatic heterocycles. The van der Waals surface area contributed by atoms with Gasteiger partial charge in [0.25, 0.3) is 0 Å². The van der Waals surface area contributed by atoms with Crippen LogP contribution in [0.1, 0.15) is 29.7 Å². The second-order valence-electron chi connectivity index (χ2n) is 6.78. The van der Waals surface area contributed by atoms with Crippen molar-refractivity contribution in [3.8, 4) is 11.5 Å². The number of halogens is 2. The fraction of sp³-hybridized carbons (Fsp3) is 0.250. The Bertz CT molecular complexity index is 952. The van der Waals surface area contributed by atoms with Crippen molar-refractivity contribution in [3.63, 3.8) is 0 Å². The molecule has 3 aromatic carbocycles. The smallest absolute Gasteiger partial charge is 0.180 e. The molecule has 0 spiro atoms. The second-order valence-corrected chi connectivity index (χ2v) is 7.18. The topological polar surface area (TPSA) is 50.7 Å². The van der Waals surface area contributed by atoms with Crippen molar-refractivity contribution >= 4 is 11.6 Å². The van der Waals surface area contributed by atoms with Crippen LogP contribution >= 0.6 is 11.6 Å². The summed E-state index contributed by atoms with van der Waals surface area (Å²) in [7, 11) is 0. The quantitative estimate of drug-likeness (QED) is 0.460. The standard InChI is InChI=1S/C24H25ClFNO3/c1-2-29-23-13-17(14-27-15-22(28)18-8-4-3-5-9-18)12-20(25)24(23)30-16-19-10-6-7-11-21(19)26/h3-13,22,27-28H,2,14-16H2,1H3/t22-/m0/s1. The lowest BCUT2D eigenvalue weighted by molar-refractivity contribution is 0.174. The number of nitrogens with one attached hydrogen (secondary N) is 1. The zero-order valence-electron chi connectivity index (χ0n) is 16.8. The first-order valence-corrected chi connectivity index (χ1v) is 10.2. The number of rotatable bonds is 10. The molecule has 0 aromatic heterocycles. The molecule has 0 bridgehead atoms. The van der Waals surface area contributed by atoms with Gasteiger partial charge in [0, 0.05) is 18.7 Å². The van der Waals surface area contributed by atoms with E-state index in [2.05, 4.69) is 5.32 Å². The van der Waals surface area contributed by atoms with Gasteiger partial charge >= 0.3 is 0 Å². The van der Waals surface area contributed by atoms with Gasteiger partial charge in [-0.1, -0.05) is 60.1 Å². The van der Waals surface area contributed by atoms with E-state index in [4.69, 9.17) is 21.1 Å². The lowest BCUT2D eigenvalue weighted by Crippen LogP contribution is -2.21. The number of hydrogen-bond acceptors (Lipinski definition) is 4. The number of aliphatic hydroxyl groups excluding tert-OH is 1. The van der Waals surface area contributed by atoms with Crippen molar-refractivity contribution in [2.75, 3.05) is 13.2 Å². The van der Waals surface area contributed by atoms with Crippen LogP contribution < -0.4 is 14.8 Å². The molecule has 3 aromatic rings. The molecule has 0 aliphatic carbocycles. The number of benzene rings is 3. The maximum absolute atomic E-state index is 13.9.